The Bertz CT molecular complexity index is 379. The molecule has 20 heavy (non-hydrogen) atoms. The van der Waals surface area contributed by atoms with Gasteiger partial charge in [0.05, 0.1) is 0 Å². The van der Waals surface area contributed by atoms with Crippen molar-refractivity contribution in [2.24, 2.45) is 11.8 Å². The van der Waals surface area contributed by atoms with Crippen LogP contribution in [0.25, 0.3) is 0 Å². The van der Waals surface area contributed by atoms with E-state index in [1.165, 1.54) is 32.1 Å². The monoisotopic (exact) mass is 272 g/mol. The van der Waals surface area contributed by atoms with Crippen molar-refractivity contribution in [3.8, 4) is 0 Å². The van der Waals surface area contributed by atoms with Crippen LogP contribution < -0.4 is 0 Å². The van der Waals surface area contributed by atoms with Crippen molar-refractivity contribution < 1.29 is 0 Å². The van der Waals surface area contributed by atoms with E-state index < -0.39 is 0 Å². The first-order valence-corrected chi connectivity index (χ1v) is 8.41. The Morgan fingerprint density at radius 2 is 1.70 bits per heavy atom. The fourth-order valence-electron chi connectivity index (χ4n) is 2.89. The minimum Gasteiger partial charge on any atom is -0.0805 e. The first kappa shape index (κ1) is 17.0. The first-order valence-electron chi connectivity index (χ1n) is 8.41. The van der Waals surface area contributed by atoms with Gasteiger partial charge in [0.15, 0.2) is 0 Å². The minimum atomic E-state index is 0.781. The molecule has 0 heteroatoms. The Morgan fingerprint density at radius 1 is 1.00 bits per heavy atom. The van der Waals surface area contributed by atoms with E-state index in [0.717, 1.165) is 18.3 Å². The van der Waals surface area contributed by atoms with Gasteiger partial charge in [-0.2, -0.15) is 0 Å². The summed E-state index contributed by atoms with van der Waals surface area (Å²) in [6.07, 6.45) is 21.1. The Hall–Kier alpha value is -1.04. The Labute approximate surface area is 126 Å². The molecule has 0 radical (unpaired) electrons. The number of allylic oxidation sites excluding steroid dienone is 8. The van der Waals surface area contributed by atoms with Crippen LogP contribution in [-0.4, -0.2) is 0 Å². The number of rotatable bonds is 6. The summed E-state index contributed by atoms with van der Waals surface area (Å²) < 4.78 is 0. The van der Waals surface area contributed by atoms with Crippen molar-refractivity contribution >= 4 is 0 Å². The molecule has 0 aromatic heterocycles. The summed E-state index contributed by atoms with van der Waals surface area (Å²) in [6.45, 7) is 9.13. The third kappa shape index (κ3) is 5.94. The molecule has 0 N–H and O–H groups in total. The maximum Gasteiger partial charge on any atom is -0.0130 e. The fourth-order valence-corrected chi connectivity index (χ4v) is 2.89. The molecule has 0 bridgehead atoms. The minimum absolute atomic E-state index is 0.781. The van der Waals surface area contributed by atoms with Gasteiger partial charge in [0.2, 0.25) is 0 Å². The summed E-state index contributed by atoms with van der Waals surface area (Å²) in [5, 5.41) is 0. The molecule has 0 aromatic carbocycles. The highest BCUT2D eigenvalue weighted by atomic mass is 14.1. The number of hydrogen-bond donors (Lipinski definition) is 0. The lowest BCUT2D eigenvalue weighted by Crippen LogP contribution is -1.95. The van der Waals surface area contributed by atoms with Crippen LogP contribution in [0.3, 0.4) is 0 Å². The molecule has 0 saturated heterocycles. The molecule has 0 spiro atoms. The normalized spacial score (nSPS) is 19.2. The van der Waals surface area contributed by atoms with Crippen LogP contribution in [0, 0.1) is 11.8 Å². The van der Waals surface area contributed by atoms with E-state index in [2.05, 4.69) is 64.2 Å². The summed E-state index contributed by atoms with van der Waals surface area (Å²) in [7, 11) is 0. The van der Waals surface area contributed by atoms with Crippen LogP contribution in [0.4, 0.5) is 0 Å². The standard InChI is InChI=1S/2C10H16/c2*1-3-6-9(2)10-7-4-5-8-10/h4,7-9H,3,5-6H2,1-2H3;4-5,7,9H,3,6,8H2,1-2H3. The fraction of sp³-hybridized carbons (Fsp3) is 0.600. The van der Waals surface area contributed by atoms with Crippen LogP contribution >= 0.6 is 0 Å². The molecule has 2 unspecified atom stereocenters. The molecular weight excluding hydrogens is 240 g/mol. The van der Waals surface area contributed by atoms with E-state index in [-0.39, 0.29) is 0 Å². The molecule has 0 saturated carbocycles. The SMILES string of the molecule is CCCC(C)C1=CC=CC1.CCCC(C)C1=CCC=C1. The lowest BCUT2D eigenvalue weighted by molar-refractivity contribution is 0.594. The van der Waals surface area contributed by atoms with Crippen molar-refractivity contribution in [2.75, 3.05) is 0 Å². The van der Waals surface area contributed by atoms with Crippen LogP contribution in [0.1, 0.15) is 66.2 Å². The number of hydrogen-bond acceptors (Lipinski definition) is 0. The molecule has 0 nitrogen and oxygen atoms in total. The zero-order valence-electron chi connectivity index (χ0n) is 13.9. The molecule has 112 valence electrons. The summed E-state index contributed by atoms with van der Waals surface area (Å²) in [4.78, 5) is 0. The van der Waals surface area contributed by atoms with Crippen molar-refractivity contribution in [1.29, 1.82) is 0 Å². The quantitative estimate of drug-likeness (QED) is 0.510. The highest BCUT2D eigenvalue weighted by Crippen LogP contribution is 2.23. The van der Waals surface area contributed by atoms with Gasteiger partial charge in [-0.3, -0.25) is 0 Å². The Kier molecular flexibility index (Phi) is 8.34. The molecule has 0 fully saturated rings. The topological polar surface area (TPSA) is 0 Å². The third-order valence-corrected chi connectivity index (χ3v) is 4.25. The van der Waals surface area contributed by atoms with Crippen molar-refractivity contribution in [3.63, 3.8) is 0 Å². The van der Waals surface area contributed by atoms with Crippen LogP contribution in [0.5, 0.6) is 0 Å². The van der Waals surface area contributed by atoms with Gasteiger partial charge in [-0.05, 0) is 43.1 Å². The van der Waals surface area contributed by atoms with E-state index in [0.29, 0.717) is 0 Å². The second-order valence-corrected chi connectivity index (χ2v) is 6.10. The van der Waals surface area contributed by atoms with Crippen molar-refractivity contribution in [1.82, 2.24) is 0 Å². The van der Waals surface area contributed by atoms with E-state index in [1.807, 2.05) is 0 Å². The van der Waals surface area contributed by atoms with E-state index >= 15 is 0 Å². The molecule has 0 heterocycles. The zero-order chi connectivity index (χ0) is 14.8. The lowest BCUT2D eigenvalue weighted by atomic mass is 9.96. The summed E-state index contributed by atoms with van der Waals surface area (Å²) in [6, 6.07) is 0. The maximum atomic E-state index is 2.33. The van der Waals surface area contributed by atoms with Gasteiger partial charge in [0, 0.05) is 0 Å². The second-order valence-electron chi connectivity index (χ2n) is 6.10. The molecule has 0 aromatic rings. The predicted octanol–water partition coefficient (Wildman–Crippen LogP) is 6.62. The van der Waals surface area contributed by atoms with Crippen LogP contribution in [-0.2, 0) is 0 Å². The maximum absolute atomic E-state index is 2.33. The largest absolute Gasteiger partial charge is 0.0805 e. The van der Waals surface area contributed by atoms with Crippen LogP contribution in [0.15, 0.2) is 47.6 Å². The molecule has 2 aliphatic rings. The van der Waals surface area contributed by atoms with Gasteiger partial charge in [0.1, 0.15) is 0 Å². The molecule has 0 aliphatic heterocycles. The average molecular weight is 272 g/mol. The van der Waals surface area contributed by atoms with Crippen molar-refractivity contribution in [3.05, 3.63) is 47.6 Å². The van der Waals surface area contributed by atoms with Gasteiger partial charge in [-0.25, -0.2) is 0 Å². The average Bonchev–Trinajstić information content (AvgIpc) is 3.14. The second kappa shape index (κ2) is 9.80. The highest BCUT2D eigenvalue weighted by molar-refractivity contribution is 5.27. The zero-order valence-corrected chi connectivity index (χ0v) is 13.9. The van der Waals surface area contributed by atoms with Crippen molar-refractivity contribution in [2.45, 2.75) is 66.2 Å². The summed E-state index contributed by atoms with van der Waals surface area (Å²) in [5.41, 5.74) is 3.16. The van der Waals surface area contributed by atoms with Gasteiger partial charge in [-0.1, -0.05) is 82.6 Å². The molecule has 2 atom stereocenters. The van der Waals surface area contributed by atoms with Gasteiger partial charge in [-0.15, -0.1) is 0 Å². The van der Waals surface area contributed by atoms with Gasteiger partial charge >= 0.3 is 0 Å². The predicted molar refractivity (Wildman–Crippen MR) is 91.8 cm³/mol. The van der Waals surface area contributed by atoms with E-state index in [4.69, 9.17) is 0 Å². The summed E-state index contributed by atoms with van der Waals surface area (Å²) >= 11 is 0. The highest BCUT2D eigenvalue weighted by Gasteiger charge is 2.07. The molecule has 2 rings (SSSR count). The lowest BCUT2D eigenvalue weighted by Gasteiger charge is -2.10. The van der Waals surface area contributed by atoms with Gasteiger partial charge in [0.25, 0.3) is 0 Å². The Morgan fingerprint density at radius 3 is 2.20 bits per heavy atom. The van der Waals surface area contributed by atoms with E-state index in [1.54, 1.807) is 11.1 Å². The van der Waals surface area contributed by atoms with Gasteiger partial charge < -0.3 is 0 Å². The molecular formula is C20H32. The van der Waals surface area contributed by atoms with Crippen LogP contribution in [0.2, 0.25) is 0 Å². The Balaban J connectivity index is 0.000000200. The molecule has 2 aliphatic carbocycles. The third-order valence-electron chi connectivity index (χ3n) is 4.25. The van der Waals surface area contributed by atoms with E-state index in [9.17, 15) is 0 Å². The summed E-state index contributed by atoms with van der Waals surface area (Å²) in [5.74, 6) is 1.59. The smallest absolute Gasteiger partial charge is 0.0130 e. The molecule has 0 amide bonds. The first-order chi connectivity index (χ1) is 9.69.